The van der Waals surface area contributed by atoms with Crippen LogP contribution < -0.4 is 21.3 Å². The average molecular weight is 729 g/mol. The van der Waals surface area contributed by atoms with Crippen molar-refractivity contribution in [2.45, 2.75) is 110 Å². The molecule has 2 heterocycles. The molecule has 0 unspecified atom stereocenters. The third-order valence-electron chi connectivity index (χ3n) is 11.9. The van der Waals surface area contributed by atoms with Crippen molar-refractivity contribution in [3.8, 4) is 12.3 Å². The van der Waals surface area contributed by atoms with E-state index in [2.05, 4.69) is 47.6 Å². The maximum Gasteiger partial charge on any atom is 0.315 e. The van der Waals surface area contributed by atoms with Crippen molar-refractivity contribution in [3.05, 3.63) is 48.0 Å². The van der Waals surface area contributed by atoms with Gasteiger partial charge in [0, 0.05) is 38.2 Å². The first-order valence-corrected chi connectivity index (χ1v) is 19.0. The summed E-state index contributed by atoms with van der Waals surface area (Å²) in [6.45, 7) is 14.9. The predicted molar refractivity (Wildman–Crippen MR) is 201 cm³/mol. The van der Waals surface area contributed by atoms with Gasteiger partial charge in [0.25, 0.3) is 11.8 Å². The van der Waals surface area contributed by atoms with E-state index in [9.17, 15) is 28.8 Å². The lowest BCUT2D eigenvalue weighted by molar-refractivity contribution is -0.144. The van der Waals surface area contributed by atoms with Crippen LogP contribution in [0.5, 0.6) is 0 Å². The Morgan fingerprint density at radius 3 is 2.40 bits per heavy atom. The van der Waals surface area contributed by atoms with Crippen molar-refractivity contribution in [2.24, 2.45) is 28.6 Å². The quantitative estimate of drug-likeness (QED) is 0.130. The Balaban J connectivity index is 1.34. The smallest absolute Gasteiger partial charge is 0.315 e. The van der Waals surface area contributed by atoms with E-state index in [0.29, 0.717) is 25.2 Å². The molecule has 1 aromatic carbocycles. The summed E-state index contributed by atoms with van der Waals surface area (Å²) in [6, 6.07) is 3.64. The van der Waals surface area contributed by atoms with Gasteiger partial charge < -0.3 is 31.1 Å². The lowest BCUT2D eigenvalue weighted by Gasteiger charge is -2.38. The molecule has 5 rings (SSSR count). The molecule has 12 nitrogen and oxygen atoms in total. The van der Waals surface area contributed by atoms with Crippen molar-refractivity contribution in [1.29, 1.82) is 0 Å². The summed E-state index contributed by atoms with van der Waals surface area (Å²) in [5, 5.41) is 11.4. The number of urea groups is 1. The molecule has 0 bridgehead atoms. The topological polar surface area (TPSA) is 157 Å². The molecular weight excluding hydrogens is 672 g/mol. The van der Waals surface area contributed by atoms with Gasteiger partial charge in [-0.15, -0.1) is 18.9 Å². The number of carbonyl (C=O) groups is 6. The van der Waals surface area contributed by atoms with Crippen LogP contribution in [0.15, 0.2) is 36.9 Å². The molecule has 0 aromatic heterocycles. The summed E-state index contributed by atoms with van der Waals surface area (Å²) < 4.78 is 0. The molecule has 2 aliphatic heterocycles. The molecule has 1 saturated heterocycles. The van der Waals surface area contributed by atoms with Crippen LogP contribution in [0.25, 0.3) is 0 Å². The van der Waals surface area contributed by atoms with Crippen LogP contribution in [-0.2, 0) is 25.7 Å². The number of carbonyl (C=O) groups excluding carboxylic acids is 6. The Bertz CT molecular complexity index is 1650. The minimum atomic E-state index is -1.16. The van der Waals surface area contributed by atoms with Crippen molar-refractivity contribution < 1.29 is 28.8 Å². The number of nitrogens with one attached hydrogen (secondary N) is 4. The third kappa shape index (κ3) is 8.61. The first-order valence-electron chi connectivity index (χ1n) is 19.0. The van der Waals surface area contributed by atoms with Crippen LogP contribution in [0, 0.1) is 40.9 Å². The van der Waals surface area contributed by atoms with E-state index in [1.165, 1.54) is 6.08 Å². The van der Waals surface area contributed by atoms with Gasteiger partial charge in [-0.25, -0.2) is 4.79 Å². The van der Waals surface area contributed by atoms with Gasteiger partial charge in [0.15, 0.2) is 0 Å². The number of fused-ring (bicyclic) bond motifs is 2. The van der Waals surface area contributed by atoms with Gasteiger partial charge in [0.2, 0.25) is 17.6 Å². The van der Waals surface area contributed by atoms with Gasteiger partial charge in [0.1, 0.15) is 12.1 Å². The minimum absolute atomic E-state index is 0.0613. The molecular formula is C41H56N6O6. The van der Waals surface area contributed by atoms with Gasteiger partial charge in [-0.1, -0.05) is 78.2 Å². The lowest BCUT2D eigenvalue weighted by atomic mass is 9.83. The maximum absolute atomic E-state index is 14.7. The number of nitrogens with zero attached hydrogens (tertiary/aromatic N) is 2. The Morgan fingerprint density at radius 2 is 1.75 bits per heavy atom. The monoisotopic (exact) mass is 728 g/mol. The third-order valence-corrected chi connectivity index (χ3v) is 11.9. The summed E-state index contributed by atoms with van der Waals surface area (Å²) >= 11 is 0. The fourth-order valence-electron chi connectivity index (χ4n) is 8.56. The number of terminal acetylenes is 1. The Hall–Kier alpha value is -4.66. The van der Waals surface area contributed by atoms with Crippen LogP contribution in [-0.4, -0.2) is 89.0 Å². The highest BCUT2D eigenvalue weighted by atomic mass is 16.2. The van der Waals surface area contributed by atoms with E-state index in [4.69, 9.17) is 6.42 Å². The molecule has 12 heteroatoms. The predicted octanol–water partition coefficient (Wildman–Crippen LogP) is 3.56. The normalized spacial score (nSPS) is 23.4. The molecule has 3 fully saturated rings. The Labute approximate surface area is 313 Å². The molecule has 286 valence electrons. The number of rotatable bonds is 14. The van der Waals surface area contributed by atoms with E-state index in [0.717, 1.165) is 37.7 Å². The number of amides is 6. The zero-order valence-electron chi connectivity index (χ0n) is 31.8. The number of likely N-dealkylation sites (tertiary alicyclic amines) is 1. The summed E-state index contributed by atoms with van der Waals surface area (Å²) in [5.74, 6) is -0.337. The van der Waals surface area contributed by atoms with Crippen LogP contribution in [0.2, 0.25) is 0 Å². The van der Waals surface area contributed by atoms with Crippen LogP contribution in [0.3, 0.4) is 0 Å². The van der Waals surface area contributed by atoms with E-state index in [1.807, 2.05) is 45.0 Å². The molecule has 1 aromatic rings. The van der Waals surface area contributed by atoms with E-state index in [1.54, 1.807) is 9.80 Å². The van der Waals surface area contributed by atoms with Crippen molar-refractivity contribution in [2.75, 3.05) is 19.6 Å². The first-order chi connectivity index (χ1) is 25.1. The molecule has 2 saturated carbocycles. The number of hydrogen-bond donors (Lipinski definition) is 4. The summed E-state index contributed by atoms with van der Waals surface area (Å²) in [6.07, 6.45) is 11.6. The average Bonchev–Trinajstić information content (AvgIpc) is 3.40. The maximum atomic E-state index is 14.7. The Morgan fingerprint density at radius 1 is 1.06 bits per heavy atom. The summed E-state index contributed by atoms with van der Waals surface area (Å²) in [5.41, 5.74) is 0.986. The summed E-state index contributed by atoms with van der Waals surface area (Å²) in [4.78, 5) is 85.1. The van der Waals surface area contributed by atoms with Gasteiger partial charge in [-0.3, -0.25) is 24.0 Å². The van der Waals surface area contributed by atoms with Crippen LogP contribution in [0.1, 0.15) is 95.5 Å². The van der Waals surface area contributed by atoms with Gasteiger partial charge in [-0.05, 0) is 59.5 Å². The molecule has 53 heavy (non-hydrogen) atoms. The summed E-state index contributed by atoms with van der Waals surface area (Å²) in [7, 11) is 0. The molecule has 2 aliphatic carbocycles. The zero-order valence-corrected chi connectivity index (χ0v) is 31.8. The van der Waals surface area contributed by atoms with Gasteiger partial charge in [0.05, 0.1) is 12.1 Å². The first kappa shape index (κ1) is 39.5. The molecule has 4 N–H and O–H groups in total. The van der Waals surface area contributed by atoms with E-state index >= 15 is 0 Å². The van der Waals surface area contributed by atoms with Gasteiger partial charge in [-0.2, -0.15) is 0 Å². The number of hydrogen-bond acceptors (Lipinski definition) is 6. The van der Waals surface area contributed by atoms with E-state index in [-0.39, 0.29) is 54.4 Å². The molecule has 0 spiro atoms. The number of Topliss-reactive ketones (excluding diaryl/α,β-unsaturated/α-hetero) is 1. The standard InChI is InChI=1S/C41H56N6O6/c1-8-10-20-29(34(48)36(50)42-21-9-2)43-35(49)33-31-28(41(31,6)7)23-47(33)38(52)32(25-16-12-11-13-17-25)45-39(53)44-30(40(3,4)5)24-46-22-26-18-14-15-19-27(26)37(46)51/h1,9,14-15,18-19,25,28-33H,2,10-13,16-17,20-24H2,3-7H3,(H,42,50)(H,43,49)(H2,44,45,53)/t28-,29+,30+,31-,32-,33-/m0/s1. The second-order valence-electron chi connectivity index (χ2n) is 16.8. The molecule has 4 aliphatic rings. The highest BCUT2D eigenvalue weighted by Gasteiger charge is 2.69. The van der Waals surface area contributed by atoms with Crippen molar-refractivity contribution in [3.63, 3.8) is 0 Å². The second-order valence-corrected chi connectivity index (χ2v) is 16.8. The minimum Gasteiger partial charge on any atom is -0.346 e. The number of ketones is 1. The number of piperidine rings is 1. The van der Waals surface area contributed by atoms with Crippen LogP contribution >= 0.6 is 0 Å². The molecule has 6 atom stereocenters. The zero-order chi connectivity index (χ0) is 38.7. The number of benzene rings is 1. The second kappa shape index (κ2) is 16.1. The molecule has 0 radical (unpaired) electrons. The highest BCUT2D eigenvalue weighted by molar-refractivity contribution is 6.38. The van der Waals surface area contributed by atoms with E-state index < -0.39 is 53.2 Å². The fourth-order valence-corrected chi connectivity index (χ4v) is 8.56. The van der Waals surface area contributed by atoms with Gasteiger partial charge >= 0.3 is 6.03 Å². The van der Waals surface area contributed by atoms with Crippen molar-refractivity contribution in [1.82, 2.24) is 31.1 Å². The fraction of sp³-hybridized carbons (Fsp3) is 0.610. The van der Waals surface area contributed by atoms with Crippen LogP contribution in [0.4, 0.5) is 4.79 Å². The van der Waals surface area contributed by atoms with Crippen molar-refractivity contribution >= 4 is 35.4 Å². The highest BCUT2D eigenvalue weighted by Crippen LogP contribution is 2.65. The molecule has 6 amide bonds. The Kier molecular flexibility index (Phi) is 12.0. The SMILES string of the molecule is C#CCC[C@@H](NC(=O)[C@@H]1[C@@H]2[C@H](CN1C(=O)[C@@H](NC(=O)N[C@H](CN1Cc3ccccc3C1=O)C(C)(C)C)C1CCCCC1)C2(C)C)C(=O)C(=O)NCC=C. The largest absolute Gasteiger partial charge is 0.346 e. The lowest BCUT2D eigenvalue weighted by Crippen LogP contribution is -2.61.